The highest BCUT2D eigenvalue weighted by atomic mass is 16.2. The molecule has 0 atom stereocenters. The van der Waals surface area contributed by atoms with Gasteiger partial charge in [0, 0.05) is 33.1 Å². The van der Waals surface area contributed by atoms with Crippen molar-refractivity contribution in [2.45, 2.75) is 45.4 Å². The molecule has 1 aliphatic heterocycles. The molecule has 3 rings (SSSR count). The zero-order valence-electron chi connectivity index (χ0n) is 14.4. The standard InChI is InChI=1S/C19H26N2O2/c1-14-11-15(2)13-17(12-14)19(5-4-6-19)18(23)21-9-7-20(8-10-21)16(3)22/h11-13H,4-10H2,1-3H3. The maximum Gasteiger partial charge on any atom is 0.233 e. The average Bonchev–Trinajstić information content (AvgIpc) is 2.45. The van der Waals surface area contributed by atoms with Gasteiger partial charge in [0.1, 0.15) is 0 Å². The molecule has 0 radical (unpaired) electrons. The lowest BCUT2D eigenvalue weighted by molar-refractivity contribution is -0.145. The van der Waals surface area contributed by atoms with E-state index >= 15 is 0 Å². The van der Waals surface area contributed by atoms with Crippen molar-refractivity contribution in [2.24, 2.45) is 0 Å². The summed E-state index contributed by atoms with van der Waals surface area (Å²) in [5.74, 6) is 0.363. The lowest BCUT2D eigenvalue weighted by atomic mass is 9.63. The lowest BCUT2D eigenvalue weighted by Crippen LogP contribution is -2.57. The second-order valence-corrected chi connectivity index (χ2v) is 7.11. The van der Waals surface area contributed by atoms with Gasteiger partial charge in [-0.05, 0) is 32.3 Å². The van der Waals surface area contributed by atoms with Crippen molar-refractivity contribution >= 4 is 11.8 Å². The van der Waals surface area contributed by atoms with Crippen LogP contribution in [0.3, 0.4) is 0 Å². The Hall–Kier alpha value is -1.84. The van der Waals surface area contributed by atoms with E-state index in [1.54, 1.807) is 6.92 Å². The van der Waals surface area contributed by atoms with Crippen molar-refractivity contribution in [3.8, 4) is 0 Å². The Kier molecular flexibility index (Phi) is 4.17. The van der Waals surface area contributed by atoms with Gasteiger partial charge in [-0.15, -0.1) is 0 Å². The number of benzene rings is 1. The predicted octanol–water partition coefficient (Wildman–Crippen LogP) is 2.42. The third-order valence-corrected chi connectivity index (χ3v) is 5.40. The molecule has 0 bridgehead atoms. The summed E-state index contributed by atoms with van der Waals surface area (Å²) < 4.78 is 0. The molecule has 0 spiro atoms. The fraction of sp³-hybridized carbons (Fsp3) is 0.579. The predicted molar refractivity (Wildman–Crippen MR) is 90.3 cm³/mol. The van der Waals surface area contributed by atoms with Gasteiger partial charge in [0.2, 0.25) is 11.8 Å². The molecule has 1 aliphatic carbocycles. The number of hydrogen-bond donors (Lipinski definition) is 0. The van der Waals surface area contributed by atoms with Crippen LogP contribution in [-0.2, 0) is 15.0 Å². The van der Waals surface area contributed by atoms with Crippen LogP contribution >= 0.6 is 0 Å². The van der Waals surface area contributed by atoms with Crippen molar-refractivity contribution < 1.29 is 9.59 Å². The first-order valence-electron chi connectivity index (χ1n) is 8.56. The molecule has 0 unspecified atom stereocenters. The molecule has 124 valence electrons. The highest BCUT2D eigenvalue weighted by molar-refractivity contribution is 5.89. The molecule has 0 aromatic heterocycles. The molecular formula is C19H26N2O2. The molecule has 4 heteroatoms. The fourth-order valence-electron chi connectivity index (χ4n) is 3.93. The Morgan fingerprint density at radius 1 is 0.913 bits per heavy atom. The van der Waals surface area contributed by atoms with Crippen LogP contribution in [0.2, 0.25) is 0 Å². The minimum atomic E-state index is -0.324. The van der Waals surface area contributed by atoms with Gasteiger partial charge in [-0.25, -0.2) is 0 Å². The summed E-state index contributed by atoms with van der Waals surface area (Å²) in [4.78, 5) is 28.5. The van der Waals surface area contributed by atoms with Crippen LogP contribution in [-0.4, -0.2) is 47.8 Å². The SMILES string of the molecule is CC(=O)N1CCN(C(=O)C2(c3cc(C)cc(C)c3)CCC2)CC1. The summed E-state index contributed by atoms with van der Waals surface area (Å²) in [6.07, 6.45) is 3.01. The summed E-state index contributed by atoms with van der Waals surface area (Å²) in [7, 11) is 0. The van der Waals surface area contributed by atoms with Crippen molar-refractivity contribution in [1.82, 2.24) is 9.80 Å². The summed E-state index contributed by atoms with van der Waals surface area (Å²) in [6, 6.07) is 6.51. The zero-order chi connectivity index (χ0) is 16.6. The summed E-state index contributed by atoms with van der Waals surface area (Å²) in [6.45, 7) is 8.42. The minimum absolute atomic E-state index is 0.102. The number of piperazine rings is 1. The summed E-state index contributed by atoms with van der Waals surface area (Å²) in [5, 5.41) is 0. The smallest absolute Gasteiger partial charge is 0.233 e. The third kappa shape index (κ3) is 2.87. The molecule has 2 fully saturated rings. The molecule has 4 nitrogen and oxygen atoms in total. The highest BCUT2D eigenvalue weighted by Gasteiger charge is 2.48. The first-order chi connectivity index (χ1) is 10.9. The zero-order valence-corrected chi connectivity index (χ0v) is 14.4. The first kappa shape index (κ1) is 16.0. The Bertz CT molecular complexity index is 606. The van der Waals surface area contributed by atoms with E-state index in [-0.39, 0.29) is 17.2 Å². The molecule has 2 amide bonds. The van der Waals surface area contributed by atoms with E-state index in [0.29, 0.717) is 26.2 Å². The van der Waals surface area contributed by atoms with Gasteiger partial charge in [-0.1, -0.05) is 35.7 Å². The van der Waals surface area contributed by atoms with Crippen LogP contribution < -0.4 is 0 Å². The van der Waals surface area contributed by atoms with E-state index in [1.807, 2.05) is 9.80 Å². The van der Waals surface area contributed by atoms with E-state index in [9.17, 15) is 9.59 Å². The number of aryl methyl sites for hydroxylation is 2. The highest BCUT2D eigenvalue weighted by Crippen LogP contribution is 2.45. The van der Waals surface area contributed by atoms with Crippen molar-refractivity contribution in [3.63, 3.8) is 0 Å². The van der Waals surface area contributed by atoms with Crippen LogP contribution in [0.4, 0.5) is 0 Å². The van der Waals surface area contributed by atoms with Crippen LogP contribution in [0, 0.1) is 13.8 Å². The number of nitrogens with zero attached hydrogens (tertiary/aromatic N) is 2. The van der Waals surface area contributed by atoms with Crippen LogP contribution in [0.1, 0.15) is 42.9 Å². The Balaban J connectivity index is 1.80. The second-order valence-electron chi connectivity index (χ2n) is 7.11. The molecule has 1 saturated heterocycles. The second kappa shape index (κ2) is 5.99. The Morgan fingerprint density at radius 2 is 1.43 bits per heavy atom. The van der Waals surface area contributed by atoms with Crippen LogP contribution in [0.25, 0.3) is 0 Å². The summed E-state index contributed by atoms with van der Waals surface area (Å²) in [5.41, 5.74) is 3.30. The van der Waals surface area contributed by atoms with Gasteiger partial charge >= 0.3 is 0 Å². The Labute approximate surface area is 138 Å². The largest absolute Gasteiger partial charge is 0.339 e. The molecule has 1 aromatic rings. The first-order valence-corrected chi connectivity index (χ1v) is 8.56. The van der Waals surface area contributed by atoms with Gasteiger partial charge < -0.3 is 9.80 Å². The molecule has 1 aromatic carbocycles. The van der Waals surface area contributed by atoms with Crippen molar-refractivity contribution in [2.75, 3.05) is 26.2 Å². The number of rotatable bonds is 2. The van der Waals surface area contributed by atoms with E-state index in [4.69, 9.17) is 0 Å². The monoisotopic (exact) mass is 314 g/mol. The van der Waals surface area contributed by atoms with Crippen molar-refractivity contribution in [3.05, 3.63) is 34.9 Å². The van der Waals surface area contributed by atoms with E-state index in [0.717, 1.165) is 19.3 Å². The average molecular weight is 314 g/mol. The number of carbonyl (C=O) groups excluding carboxylic acids is 2. The number of amides is 2. The molecule has 1 heterocycles. The Morgan fingerprint density at radius 3 is 1.87 bits per heavy atom. The van der Waals surface area contributed by atoms with Gasteiger partial charge in [0.15, 0.2) is 0 Å². The molecule has 0 N–H and O–H groups in total. The van der Waals surface area contributed by atoms with E-state index in [1.165, 1.54) is 16.7 Å². The third-order valence-electron chi connectivity index (χ3n) is 5.40. The fourth-order valence-corrected chi connectivity index (χ4v) is 3.93. The molecule has 23 heavy (non-hydrogen) atoms. The molecule has 2 aliphatic rings. The number of hydrogen-bond acceptors (Lipinski definition) is 2. The number of carbonyl (C=O) groups is 2. The van der Waals surface area contributed by atoms with Gasteiger partial charge in [0.05, 0.1) is 5.41 Å². The molecule has 1 saturated carbocycles. The van der Waals surface area contributed by atoms with Gasteiger partial charge in [-0.3, -0.25) is 9.59 Å². The van der Waals surface area contributed by atoms with E-state index in [2.05, 4.69) is 32.0 Å². The molecular weight excluding hydrogens is 288 g/mol. The van der Waals surface area contributed by atoms with Gasteiger partial charge in [-0.2, -0.15) is 0 Å². The maximum atomic E-state index is 13.2. The van der Waals surface area contributed by atoms with E-state index < -0.39 is 0 Å². The van der Waals surface area contributed by atoms with Crippen LogP contribution in [0.5, 0.6) is 0 Å². The normalized spacial score (nSPS) is 20.1. The van der Waals surface area contributed by atoms with Crippen molar-refractivity contribution in [1.29, 1.82) is 0 Å². The topological polar surface area (TPSA) is 40.6 Å². The van der Waals surface area contributed by atoms with Gasteiger partial charge in [0.25, 0.3) is 0 Å². The minimum Gasteiger partial charge on any atom is -0.339 e. The maximum absolute atomic E-state index is 13.2. The quantitative estimate of drug-likeness (QED) is 0.841. The van der Waals surface area contributed by atoms with Crippen LogP contribution in [0.15, 0.2) is 18.2 Å². The lowest BCUT2D eigenvalue weighted by Gasteiger charge is -2.46. The summed E-state index contributed by atoms with van der Waals surface area (Å²) >= 11 is 0.